The quantitative estimate of drug-likeness (QED) is 0.357. The molecule has 0 fully saturated rings. The van der Waals surface area contributed by atoms with E-state index in [9.17, 15) is 0 Å². The Labute approximate surface area is 76.3 Å². The molecule has 0 heterocycles. The number of carboxylic acids is 2. The molecule has 0 aromatic carbocycles. The molecule has 6 heteroatoms. The molecule has 0 saturated carbocycles. The Morgan fingerprint density at radius 1 is 1.00 bits per heavy atom. The molecule has 0 rings (SSSR count). The van der Waals surface area contributed by atoms with Crippen LogP contribution in [0.2, 0.25) is 0 Å². The SMILES string of the molecule is CC(=O)[O-].CC(=O)[O-].P.[Pd+2]. The van der Waals surface area contributed by atoms with Gasteiger partial charge in [-0.2, -0.15) is 9.90 Å². The number of carbonyl (C=O) groups is 2. The molecule has 4 nitrogen and oxygen atoms in total. The summed E-state index contributed by atoms with van der Waals surface area (Å²) in [6.45, 7) is 1.94. The molecule has 0 aliphatic heterocycles. The van der Waals surface area contributed by atoms with Crippen molar-refractivity contribution in [1.29, 1.82) is 0 Å². The van der Waals surface area contributed by atoms with Crippen LogP contribution in [0.25, 0.3) is 0 Å². The molecule has 0 aromatic rings. The van der Waals surface area contributed by atoms with E-state index in [0.717, 1.165) is 13.8 Å². The van der Waals surface area contributed by atoms with Crippen molar-refractivity contribution in [3.05, 3.63) is 0 Å². The van der Waals surface area contributed by atoms with Gasteiger partial charge in [0.25, 0.3) is 0 Å². The Balaban J connectivity index is -0.0000000300. The van der Waals surface area contributed by atoms with Gasteiger partial charge >= 0.3 is 20.4 Å². The minimum absolute atomic E-state index is 0. The van der Waals surface area contributed by atoms with Crippen molar-refractivity contribution in [2.24, 2.45) is 0 Å². The number of aliphatic carboxylic acids is 2. The number of rotatable bonds is 0. The molecule has 10 heavy (non-hydrogen) atoms. The second-order valence-corrected chi connectivity index (χ2v) is 0.983. The van der Waals surface area contributed by atoms with Crippen molar-refractivity contribution in [2.45, 2.75) is 13.8 Å². The van der Waals surface area contributed by atoms with Crippen LogP contribution in [0, 0.1) is 0 Å². The third-order valence-electron chi connectivity index (χ3n) is 0. The average Bonchev–Trinajstić information content (AvgIpc) is 1.25. The maximum absolute atomic E-state index is 8.89. The van der Waals surface area contributed by atoms with Crippen LogP contribution in [-0.2, 0) is 30.0 Å². The smallest absolute Gasteiger partial charge is 0.550 e. The summed E-state index contributed by atoms with van der Waals surface area (Å²) < 4.78 is 0. The predicted octanol–water partition coefficient (Wildman–Crippen LogP) is -2.43. The molecule has 0 bridgehead atoms. The first-order chi connectivity index (χ1) is 3.46. The predicted molar refractivity (Wildman–Crippen MR) is 32.5 cm³/mol. The van der Waals surface area contributed by atoms with Gasteiger partial charge in [0.05, 0.1) is 0 Å². The van der Waals surface area contributed by atoms with Crippen LogP contribution in [0.4, 0.5) is 0 Å². The Morgan fingerprint density at radius 3 is 1.00 bits per heavy atom. The third-order valence-corrected chi connectivity index (χ3v) is 0. The van der Waals surface area contributed by atoms with Crippen molar-refractivity contribution in [1.82, 2.24) is 0 Å². The van der Waals surface area contributed by atoms with Crippen molar-refractivity contribution in [3.63, 3.8) is 0 Å². The van der Waals surface area contributed by atoms with Gasteiger partial charge in [-0.15, -0.1) is 0 Å². The van der Waals surface area contributed by atoms with Crippen LogP contribution >= 0.6 is 9.90 Å². The molecule has 0 aliphatic carbocycles. The van der Waals surface area contributed by atoms with Gasteiger partial charge < -0.3 is 19.8 Å². The summed E-state index contributed by atoms with van der Waals surface area (Å²) in [7, 11) is 0. The second-order valence-electron chi connectivity index (χ2n) is 0.983. The first-order valence-electron chi connectivity index (χ1n) is 1.82. The van der Waals surface area contributed by atoms with Crippen molar-refractivity contribution < 1.29 is 40.2 Å². The fraction of sp³-hybridized carbons (Fsp3) is 0.500. The zero-order valence-electron chi connectivity index (χ0n) is 5.66. The van der Waals surface area contributed by atoms with E-state index >= 15 is 0 Å². The van der Waals surface area contributed by atoms with E-state index in [-0.39, 0.29) is 30.3 Å². The summed E-state index contributed by atoms with van der Waals surface area (Å²) in [5.74, 6) is -2.17. The van der Waals surface area contributed by atoms with Crippen LogP contribution in [0.5, 0.6) is 0 Å². The fourth-order valence-electron chi connectivity index (χ4n) is 0. The number of carbonyl (C=O) groups excluding carboxylic acids is 2. The molecule has 0 spiro atoms. The Hall–Kier alpha value is 0.0323. The zero-order valence-corrected chi connectivity index (χ0v) is 8.63. The topological polar surface area (TPSA) is 80.3 Å². The Kier molecular flexibility index (Phi) is 36.0. The van der Waals surface area contributed by atoms with Gasteiger partial charge in [-0.3, -0.25) is 0 Å². The second kappa shape index (κ2) is 16.0. The van der Waals surface area contributed by atoms with Gasteiger partial charge in [0.15, 0.2) is 0 Å². The number of hydrogen-bond acceptors (Lipinski definition) is 4. The summed E-state index contributed by atoms with van der Waals surface area (Å²) in [5.41, 5.74) is 0. The van der Waals surface area contributed by atoms with Crippen molar-refractivity contribution in [2.75, 3.05) is 0 Å². The van der Waals surface area contributed by atoms with Gasteiger partial charge in [0.2, 0.25) is 0 Å². The van der Waals surface area contributed by atoms with Crippen LogP contribution in [0.1, 0.15) is 13.8 Å². The van der Waals surface area contributed by atoms with E-state index in [0.29, 0.717) is 0 Å². The molecular weight excluding hydrogens is 249 g/mol. The summed E-state index contributed by atoms with van der Waals surface area (Å²) in [4.78, 5) is 17.8. The largest absolute Gasteiger partial charge is 2.00 e. The molecule has 0 amide bonds. The number of carboxylic acid groups (broad SMARTS) is 2. The molecule has 1 atom stereocenters. The molecule has 1 unspecified atom stereocenters. The maximum Gasteiger partial charge on any atom is 2.00 e. The van der Waals surface area contributed by atoms with Crippen LogP contribution < -0.4 is 10.2 Å². The summed E-state index contributed by atoms with van der Waals surface area (Å²) >= 11 is 0. The zero-order chi connectivity index (χ0) is 7.15. The molecule has 0 aromatic heterocycles. The van der Waals surface area contributed by atoms with Gasteiger partial charge in [-0.25, -0.2) is 0 Å². The fourth-order valence-corrected chi connectivity index (χ4v) is 0. The van der Waals surface area contributed by atoms with Gasteiger partial charge in [-0.05, 0) is 13.8 Å². The first kappa shape index (κ1) is 22.5. The molecular formula is C4H9O4PPd. The van der Waals surface area contributed by atoms with E-state index in [1.807, 2.05) is 0 Å². The van der Waals surface area contributed by atoms with E-state index in [2.05, 4.69) is 0 Å². The normalized spacial score (nSPS) is 5.00. The summed E-state index contributed by atoms with van der Waals surface area (Å²) in [6.07, 6.45) is 0. The molecule has 0 radical (unpaired) electrons. The van der Waals surface area contributed by atoms with E-state index in [1.54, 1.807) is 0 Å². The summed E-state index contributed by atoms with van der Waals surface area (Å²) in [5, 5.41) is 17.8. The number of hydrogen-bond donors (Lipinski definition) is 0. The van der Waals surface area contributed by atoms with Crippen molar-refractivity contribution >= 4 is 21.8 Å². The van der Waals surface area contributed by atoms with Crippen LogP contribution in [-0.4, -0.2) is 11.9 Å². The molecule has 0 aliphatic rings. The summed E-state index contributed by atoms with van der Waals surface area (Å²) in [6, 6.07) is 0. The van der Waals surface area contributed by atoms with Crippen LogP contribution in [0.15, 0.2) is 0 Å². The third kappa shape index (κ3) is 380000. The standard InChI is InChI=1S/2C2H4O2.H3P.Pd/c2*1-2(3)4;;/h2*1H3,(H,3,4);1H3;/q;;;+2/p-2. The van der Waals surface area contributed by atoms with Gasteiger partial charge in [0.1, 0.15) is 0 Å². The van der Waals surface area contributed by atoms with E-state index in [1.165, 1.54) is 0 Å². The van der Waals surface area contributed by atoms with E-state index < -0.39 is 11.9 Å². The molecule has 0 saturated heterocycles. The molecule has 0 N–H and O–H groups in total. The molecule has 64 valence electrons. The first-order valence-corrected chi connectivity index (χ1v) is 1.82. The Bertz CT molecular complexity index is 75.3. The van der Waals surface area contributed by atoms with Gasteiger partial charge in [0, 0.05) is 11.9 Å². The van der Waals surface area contributed by atoms with Crippen molar-refractivity contribution in [3.8, 4) is 0 Å². The monoisotopic (exact) mass is 258 g/mol. The Morgan fingerprint density at radius 2 is 1.00 bits per heavy atom. The maximum atomic E-state index is 8.89. The van der Waals surface area contributed by atoms with Crippen LogP contribution in [0.3, 0.4) is 0 Å². The average molecular weight is 259 g/mol. The minimum Gasteiger partial charge on any atom is -0.550 e. The van der Waals surface area contributed by atoms with Gasteiger partial charge in [-0.1, -0.05) is 0 Å². The minimum atomic E-state index is -1.08. The van der Waals surface area contributed by atoms with E-state index in [4.69, 9.17) is 19.8 Å².